The first kappa shape index (κ1) is 21.9. The highest BCUT2D eigenvalue weighted by Gasteiger charge is 2.45. The Balaban J connectivity index is 5.80. The van der Waals surface area contributed by atoms with Crippen molar-refractivity contribution in [3.8, 4) is 0 Å². The molecule has 0 aromatic heterocycles. The molecule has 0 amide bonds. The molecule has 2 nitrogen and oxygen atoms in total. The minimum absolute atomic E-state index is 0.101. The first-order valence-electron chi connectivity index (χ1n) is 8.87. The van der Waals surface area contributed by atoms with Crippen LogP contribution in [-0.4, -0.2) is 35.7 Å². The van der Waals surface area contributed by atoms with Gasteiger partial charge in [-0.1, -0.05) is 48.0 Å². The zero-order valence-electron chi connectivity index (χ0n) is 17.6. The number of rotatable bonds is 7. The van der Waals surface area contributed by atoms with Crippen LogP contribution in [0.4, 0.5) is 0 Å². The van der Waals surface area contributed by atoms with Crippen LogP contribution in [0.3, 0.4) is 0 Å². The Bertz CT molecular complexity index is 331. The van der Waals surface area contributed by atoms with Gasteiger partial charge >= 0.3 is 0 Å². The van der Waals surface area contributed by atoms with Gasteiger partial charge in [-0.25, -0.2) is 0 Å². The molecule has 0 rings (SSSR count). The van der Waals surface area contributed by atoms with Crippen molar-refractivity contribution in [2.75, 3.05) is 13.7 Å². The number of hydrogen-bond donors (Lipinski definition) is 0. The maximum absolute atomic E-state index is 5.62. The summed E-state index contributed by atoms with van der Waals surface area (Å²) in [5.74, 6) is 0. The van der Waals surface area contributed by atoms with E-state index < -0.39 is 0 Å². The molecule has 1 unspecified atom stereocenters. The van der Waals surface area contributed by atoms with Crippen molar-refractivity contribution in [3.63, 3.8) is 0 Å². The molecule has 0 aliphatic heterocycles. The average Bonchev–Trinajstić information content (AvgIpc) is 2.23. The Morgan fingerprint density at radius 3 is 1.59 bits per heavy atom. The molecular formula is C20H43NO. The van der Waals surface area contributed by atoms with Crippen LogP contribution in [0.5, 0.6) is 0 Å². The summed E-state index contributed by atoms with van der Waals surface area (Å²) in [6.45, 7) is 26.7. The summed E-state index contributed by atoms with van der Waals surface area (Å²) in [4.78, 5) is 2.71. The van der Waals surface area contributed by atoms with Gasteiger partial charge in [0, 0.05) is 24.2 Å². The largest absolute Gasteiger partial charge is 0.383 e. The van der Waals surface area contributed by atoms with Crippen LogP contribution in [0.25, 0.3) is 0 Å². The Kier molecular flexibility index (Phi) is 7.19. The molecule has 134 valence electrons. The molecule has 0 aromatic rings. The predicted molar refractivity (Wildman–Crippen MR) is 99.5 cm³/mol. The average molecular weight is 314 g/mol. The van der Waals surface area contributed by atoms with Crippen LogP contribution in [-0.2, 0) is 4.74 Å². The van der Waals surface area contributed by atoms with Crippen LogP contribution < -0.4 is 0 Å². The fraction of sp³-hybridized carbons (Fsp3) is 1.00. The van der Waals surface area contributed by atoms with Gasteiger partial charge in [0.1, 0.15) is 0 Å². The van der Waals surface area contributed by atoms with Gasteiger partial charge in [-0.15, -0.1) is 0 Å². The highest BCUT2D eigenvalue weighted by molar-refractivity contribution is 4.99. The third kappa shape index (κ3) is 6.20. The molecular weight excluding hydrogens is 270 g/mol. The molecule has 22 heavy (non-hydrogen) atoms. The SMILES string of the molecule is CCC(C)(C)CC(C)(C)N(C(COC)C(C)(C)C)C(C)(C)C. The number of methoxy groups -OCH3 is 1. The summed E-state index contributed by atoms with van der Waals surface area (Å²) in [5.41, 5.74) is 0.747. The summed E-state index contributed by atoms with van der Waals surface area (Å²) >= 11 is 0. The summed E-state index contributed by atoms with van der Waals surface area (Å²) in [6, 6.07) is 0.389. The Morgan fingerprint density at radius 1 is 0.864 bits per heavy atom. The highest BCUT2D eigenvalue weighted by atomic mass is 16.5. The number of ether oxygens (including phenoxy) is 1. The van der Waals surface area contributed by atoms with Crippen LogP contribution in [0, 0.1) is 10.8 Å². The van der Waals surface area contributed by atoms with Crippen molar-refractivity contribution in [2.45, 2.75) is 106 Å². The lowest BCUT2D eigenvalue weighted by atomic mass is 9.73. The number of nitrogens with zero attached hydrogens (tertiary/aromatic N) is 1. The maximum atomic E-state index is 5.62. The minimum atomic E-state index is 0.101. The fourth-order valence-electron chi connectivity index (χ4n) is 4.05. The molecule has 0 bridgehead atoms. The molecule has 0 saturated heterocycles. The van der Waals surface area contributed by atoms with E-state index in [1.807, 2.05) is 7.11 Å². The van der Waals surface area contributed by atoms with Gasteiger partial charge in [0.05, 0.1) is 6.61 Å². The van der Waals surface area contributed by atoms with E-state index in [1.165, 1.54) is 12.8 Å². The lowest BCUT2D eigenvalue weighted by molar-refractivity contribution is -0.0930. The van der Waals surface area contributed by atoms with Gasteiger partial charge in [0.2, 0.25) is 0 Å². The normalized spacial score (nSPS) is 16.2. The van der Waals surface area contributed by atoms with Gasteiger partial charge in [-0.3, -0.25) is 4.90 Å². The second kappa shape index (κ2) is 7.21. The summed E-state index contributed by atoms with van der Waals surface area (Å²) < 4.78 is 5.62. The molecule has 0 saturated carbocycles. The number of hydrogen-bond acceptors (Lipinski definition) is 2. The molecule has 0 N–H and O–H groups in total. The zero-order valence-corrected chi connectivity index (χ0v) is 17.6. The van der Waals surface area contributed by atoms with Crippen LogP contribution >= 0.6 is 0 Å². The standard InChI is InChI=1S/C20H43NO/c1-13-19(8,9)15-20(10,11)21(18(5,6)7)16(14-22-12)17(2,3)4/h16H,13-15H2,1-12H3. The van der Waals surface area contributed by atoms with Crippen LogP contribution in [0.15, 0.2) is 0 Å². The van der Waals surface area contributed by atoms with Crippen molar-refractivity contribution in [3.05, 3.63) is 0 Å². The van der Waals surface area contributed by atoms with E-state index in [1.54, 1.807) is 0 Å². The van der Waals surface area contributed by atoms with Crippen molar-refractivity contribution in [2.24, 2.45) is 10.8 Å². The predicted octanol–water partition coefficient (Wildman–Crippen LogP) is 5.75. The lowest BCUT2D eigenvalue weighted by Gasteiger charge is -2.56. The van der Waals surface area contributed by atoms with E-state index in [4.69, 9.17) is 4.74 Å². The smallest absolute Gasteiger partial charge is 0.0623 e. The minimum Gasteiger partial charge on any atom is -0.383 e. The zero-order chi connectivity index (χ0) is 18.0. The molecule has 0 heterocycles. The lowest BCUT2D eigenvalue weighted by Crippen LogP contribution is -2.64. The second-order valence-corrected chi connectivity index (χ2v) is 10.4. The maximum Gasteiger partial charge on any atom is 0.0623 e. The summed E-state index contributed by atoms with van der Waals surface area (Å²) in [5, 5.41) is 0. The van der Waals surface area contributed by atoms with Gasteiger partial charge in [0.25, 0.3) is 0 Å². The Hall–Kier alpha value is -0.0800. The second-order valence-electron chi connectivity index (χ2n) is 10.4. The molecule has 0 spiro atoms. The molecule has 0 fully saturated rings. The fourth-order valence-corrected chi connectivity index (χ4v) is 4.05. The third-order valence-electron chi connectivity index (χ3n) is 4.88. The molecule has 1 atom stereocenters. The van der Waals surface area contributed by atoms with Gasteiger partial charge in [0.15, 0.2) is 0 Å². The monoisotopic (exact) mass is 313 g/mol. The van der Waals surface area contributed by atoms with E-state index in [2.05, 4.69) is 81.1 Å². The first-order valence-corrected chi connectivity index (χ1v) is 8.87. The Morgan fingerprint density at radius 2 is 1.32 bits per heavy atom. The highest BCUT2D eigenvalue weighted by Crippen LogP contribution is 2.42. The quantitative estimate of drug-likeness (QED) is 0.593. The van der Waals surface area contributed by atoms with Crippen molar-refractivity contribution >= 4 is 0 Å². The van der Waals surface area contributed by atoms with Crippen molar-refractivity contribution < 1.29 is 4.74 Å². The molecule has 0 radical (unpaired) electrons. The van der Waals surface area contributed by atoms with E-state index in [9.17, 15) is 0 Å². The van der Waals surface area contributed by atoms with E-state index in [-0.39, 0.29) is 16.5 Å². The topological polar surface area (TPSA) is 12.5 Å². The van der Waals surface area contributed by atoms with E-state index >= 15 is 0 Å². The van der Waals surface area contributed by atoms with Crippen molar-refractivity contribution in [1.82, 2.24) is 4.90 Å². The van der Waals surface area contributed by atoms with Crippen LogP contribution in [0.1, 0.15) is 89.0 Å². The molecule has 0 aliphatic carbocycles. The molecule has 0 aromatic carbocycles. The van der Waals surface area contributed by atoms with E-state index in [0.29, 0.717) is 11.5 Å². The third-order valence-corrected chi connectivity index (χ3v) is 4.88. The van der Waals surface area contributed by atoms with Gasteiger partial charge < -0.3 is 4.74 Å². The first-order chi connectivity index (χ1) is 9.58. The van der Waals surface area contributed by atoms with Gasteiger partial charge in [-0.05, 0) is 51.9 Å². The van der Waals surface area contributed by atoms with E-state index in [0.717, 1.165) is 6.61 Å². The summed E-state index contributed by atoms with van der Waals surface area (Å²) in [7, 11) is 1.82. The molecule has 0 aliphatic rings. The molecule has 2 heteroatoms. The van der Waals surface area contributed by atoms with Crippen molar-refractivity contribution in [1.29, 1.82) is 0 Å². The Labute approximate surface area is 141 Å². The van der Waals surface area contributed by atoms with Crippen LogP contribution in [0.2, 0.25) is 0 Å². The summed E-state index contributed by atoms with van der Waals surface area (Å²) in [6.07, 6.45) is 2.39. The van der Waals surface area contributed by atoms with Gasteiger partial charge in [-0.2, -0.15) is 0 Å².